The molecule has 0 saturated heterocycles. The van der Waals surface area contributed by atoms with Gasteiger partial charge in [0.1, 0.15) is 11.4 Å². The summed E-state index contributed by atoms with van der Waals surface area (Å²) in [6.45, 7) is 1.59. The van der Waals surface area contributed by atoms with Crippen LogP contribution in [0.5, 0.6) is 0 Å². The molecule has 102 valence electrons. The van der Waals surface area contributed by atoms with E-state index in [1.165, 1.54) is 6.92 Å². The van der Waals surface area contributed by atoms with Gasteiger partial charge in [0.15, 0.2) is 0 Å². The molecule has 2 amide bonds. The molecular weight excluding hydrogens is 257 g/mol. The predicted octanol–water partition coefficient (Wildman–Crippen LogP) is 0.600. The Labute approximate surface area is 107 Å². The Hall–Kier alpha value is -2.51. The summed E-state index contributed by atoms with van der Waals surface area (Å²) in [5.41, 5.74) is -0.828. The molecule has 0 aliphatic heterocycles. The van der Waals surface area contributed by atoms with Crippen molar-refractivity contribution in [3.05, 3.63) is 39.7 Å². The highest BCUT2D eigenvalue weighted by molar-refractivity contribution is 5.98. The van der Waals surface area contributed by atoms with E-state index >= 15 is 0 Å². The monoisotopic (exact) mass is 269 g/mol. The summed E-state index contributed by atoms with van der Waals surface area (Å²) in [5, 5.41) is 15.5. The number of amides is 2. The molecule has 0 fully saturated rings. The van der Waals surface area contributed by atoms with Crippen LogP contribution in [0.4, 0.5) is 10.1 Å². The van der Waals surface area contributed by atoms with Gasteiger partial charge in [-0.2, -0.15) is 0 Å². The number of carbonyl (C=O) groups is 2. The van der Waals surface area contributed by atoms with Crippen molar-refractivity contribution in [2.24, 2.45) is 0 Å². The number of halogens is 1. The lowest BCUT2D eigenvalue weighted by molar-refractivity contribution is -0.385. The number of nitro benzene ring substituents is 1. The quantitative estimate of drug-likeness (QED) is 0.464. The van der Waals surface area contributed by atoms with Crippen molar-refractivity contribution >= 4 is 17.5 Å². The van der Waals surface area contributed by atoms with Gasteiger partial charge in [-0.1, -0.05) is 0 Å². The van der Waals surface area contributed by atoms with E-state index in [4.69, 9.17) is 0 Å². The van der Waals surface area contributed by atoms with Gasteiger partial charge in [-0.3, -0.25) is 19.7 Å². The molecule has 0 heterocycles. The molecule has 1 aromatic rings. The van der Waals surface area contributed by atoms with Crippen LogP contribution >= 0.6 is 0 Å². The lowest BCUT2D eigenvalue weighted by Crippen LogP contribution is -2.33. The molecule has 8 heteroatoms. The molecule has 2 N–H and O–H groups in total. The van der Waals surface area contributed by atoms with Gasteiger partial charge in [0, 0.05) is 26.1 Å². The van der Waals surface area contributed by atoms with Gasteiger partial charge in [-0.15, -0.1) is 0 Å². The molecule has 1 rings (SSSR count). The van der Waals surface area contributed by atoms with Gasteiger partial charge in [0.25, 0.3) is 11.6 Å². The van der Waals surface area contributed by atoms with E-state index in [-0.39, 0.29) is 24.6 Å². The summed E-state index contributed by atoms with van der Waals surface area (Å²) in [4.78, 5) is 32.2. The summed E-state index contributed by atoms with van der Waals surface area (Å²) < 4.78 is 13.0. The summed E-state index contributed by atoms with van der Waals surface area (Å²) in [7, 11) is 0. The zero-order valence-corrected chi connectivity index (χ0v) is 10.1. The van der Waals surface area contributed by atoms with E-state index in [9.17, 15) is 24.1 Å². The van der Waals surface area contributed by atoms with Gasteiger partial charge in [0.2, 0.25) is 5.91 Å². The Kier molecular flexibility index (Phi) is 4.92. The Balaban J connectivity index is 2.73. The molecule has 7 nitrogen and oxygen atoms in total. The number of benzene rings is 1. The van der Waals surface area contributed by atoms with Crippen molar-refractivity contribution in [1.82, 2.24) is 10.6 Å². The molecule has 0 spiro atoms. The molecule has 0 aliphatic rings. The maximum absolute atomic E-state index is 13.0. The zero-order valence-electron chi connectivity index (χ0n) is 10.1. The Morgan fingerprint density at radius 3 is 2.53 bits per heavy atom. The van der Waals surface area contributed by atoms with E-state index in [0.29, 0.717) is 0 Å². The Bertz CT molecular complexity index is 519. The van der Waals surface area contributed by atoms with E-state index in [2.05, 4.69) is 10.6 Å². The largest absolute Gasteiger partial charge is 0.355 e. The summed E-state index contributed by atoms with van der Waals surface area (Å²) in [6.07, 6.45) is 0. The fourth-order valence-corrected chi connectivity index (χ4v) is 1.36. The van der Waals surface area contributed by atoms with Crippen LogP contribution in [0.1, 0.15) is 17.3 Å². The first-order chi connectivity index (χ1) is 8.91. The van der Waals surface area contributed by atoms with Gasteiger partial charge in [0.05, 0.1) is 4.92 Å². The lowest BCUT2D eigenvalue weighted by Gasteiger charge is -2.06. The first kappa shape index (κ1) is 14.6. The third-order valence-electron chi connectivity index (χ3n) is 2.18. The molecule has 0 bridgehead atoms. The normalized spacial score (nSPS) is 9.79. The van der Waals surface area contributed by atoms with Crippen LogP contribution in [-0.2, 0) is 4.79 Å². The smallest absolute Gasteiger partial charge is 0.282 e. The van der Waals surface area contributed by atoms with Gasteiger partial charge >= 0.3 is 0 Å². The predicted molar refractivity (Wildman–Crippen MR) is 64.1 cm³/mol. The maximum Gasteiger partial charge on any atom is 0.282 e. The molecular formula is C11H12FN3O4. The maximum atomic E-state index is 13.0. The molecule has 0 unspecified atom stereocenters. The fraction of sp³-hybridized carbons (Fsp3) is 0.273. The van der Waals surface area contributed by atoms with E-state index in [1.807, 2.05) is 0 Å². The van der Waals surface area contributed by atoms with Gasteiger partial charge in [-0.05, 0) is 12.1 Å². The van der Waals surface area contributed by atoms with E-state index < -0.39 is 22.3 Å². The zero-order chi connectivity index (χ0) is 14.4. The average Bonchev–Trinajstić information content (AvgIpc) is 2.33. The third-order valence-corrected chi connectivity index (χ3v) is 2.18. The number of nitrogens with zero attached hydrogens (tertiary/aromatic N) is 1. The van der Waals surface area contributed by atoms with Crippen LogP contribution < -0.4 is 10.6 Å². The SMILES string of the molecule is CC(=O)NCCNC(=O)c1cc(F)ccc1[N+](=O)[O-]. The fourth-order valence-electron chi connectivity index (χ4n) is 1.36. The van der Waals surface area contributed by atoms with Gasteiger partial charge < -0.3 is 10.6 Å². The summed E-state index contributed by atoms with van der Waals surface area (Å²) in [6, 6.07) is 2.64. The highest BCUT2D eigenvalue weighted by Crippen LogP contribution is 2.19. The number of rotatable bonds is 5. The van der Waals surface area contributed by atoms with Crippen LogP contribution in [0.25, 0.3) is 0 Å². The Morgan fingerprint density at radius 2 is 1.95 bits per heavy atom. The molecule has 0 aliphatic carbocycles. The third kappa shape index (κ3) is 4.34. The van der Waals surface area contributed by atoms with Crippen molar-refractivity contribution in [1.29, 1.82) is 0 Å². The summed E-state index contributed by atoms with van der Waals surface area (Å²) >= 11 is 0. The van der Waals surface area contributed by atoms with Crippen molar-refractivity contribution < 1.29 is 18.9 Å². The van der Waals surface area contributed by atoms with Crippen LogP contribution in [-0.4, -0.2) is 29.8 Å². The molecule has 0 radical (unpaired) electrons. The minimum Gasteiger partial charge on any atom is -0.355 e. The Morgan fingerprint density at radius 1 is 1.32 bits per heavy atom. The molecule has 19 heavy (non-hydrogen) atoms. The van der Waals surface area contributed by atoms with E-state index in [0.717, 1.165) is 18.2 Å². The minimum atomic E-state index is -0.767. The van der Waals surface area contributed by atoms with Crippen molar-refractivity contribution in [2.45, 2.75) is 6.92 Å². The molecule has 1 aromatic carbocycles. The lowest BCUT2D eigenvalue weighted by atomic mass is 10.1. The topological polar surface area (TPSA) is 101 Å². The van der Waals surface area contributed by atoms with Crippen molar-refractivity contribution in [2.75, 3.05) is 13.1 Å². The average molecular weight is 269 g/mol. The number of hydrogen-bond donors (Lipinski definition) is 2. The van der Waals surface area contributed by atoms with Gasteiger partial charge in [-0.25, -0.2) is 4.39 Å². The molecule has 0 atom stereocenters. The number of hydrogen-bond acceptors (Lipinski definition) is 4. The van der Waals surface area contributed by atoms with Crippen LogP contribution in [0, 0.1) is 15.9 Å². The second kappa shape index (κ2) is 6.43. The van der Waals surface area contributed by atoms with Crippen molar-refractivity contribution in [3.63, 3.8) is 0 Å². The number of carbonyl (C=O) groups excluding carboxylic acids is 2. The highest BCUT2D eigenvalue weighted by atomic mass is 19.1. The first-order valence-corrected chi connectivity index (χ1v) is 5.38. The minimum absolute atomic E-state index is 0.0894. The second-order valence-electron chi connectivity index (χ2n) is 3.66. The first-order valence-electron chi connectivity index (χ1n) is 5.38. The number of nitrogens with one attached hydrogen (secondary N) is 2. The van der Waals surface area contributed by atoms with E-state index in [1.54, 1.807) is 0 Å². The summed E-state index contributed by atoms with van der Waals surface area (Å²) in [5.74, 6) is -1.76. The van der Waals surface area contributed by atoms with Crippen LogP contribution in [0.2, 0.25) is 0 Å². The van der Waals surface area contributed by atoms with Crippen LogP contribution in [0.3, 0.4) is 0 Å². The molecule has 0 aromatic heterocycles. The standard InChI is InChI=1S/C11H12FN3O4/c1-7(16)13-4-5-14-11(17)9-6-8(12)2-3-10(9)15(18)19/h2-3,6H,4-5H2,1H3,(H,13,16)(H,14,17). The molecule has 0 saturated carbocycles. The number of nitro groups is 1. The second-order valence-corrected chi connectivity index (χ2v) is 3.66. The van der Waals surface area contributed by atoms with Crippen LogP contribution in [0.15, 0.2) is 18.2 Å². The highest BCUT2D eigenvalue weighted by Gasteiger charge is 2.20. The van der Waals surface area contributed by atoms with Crippen molar-refractivity contribution in [3.8, 4) is 0 Å².